The minimum Gasteiger partial charge on any atom is -0.507 e. The fourth-order valence-electron chi connectivity index (χ4n) is 4.50. The molecule has 2 heterocycles. The van der Waals surface area contributed by atoms with Crippen LogP contribution in [-0.4, -0.2) is 40.2 Å². The number of ketones is 1. The monoisotopic (exact) mass is 667 g/mol. The van der Waals surface area contributed by atoms with Crippen LogP contribution in [0.1, 0.15) is 36.1 Å². The van der Waals surface area contributed by atoms with E-state index in [4.69, 9.17) is 32.7 Å². The molecule has 1 aliphatic rings. The Kier molecular flexibility index (Phi) is 10.3. The molecule has 0 radical (unpaired) electrons. The molecule has 12 heteroatoms. The molecule has 0 bridgehead atoms. The topological polar surface area (TPSA) is 102 Å². The molecule has 1 unspecified atom stereocenters. The highest BCUT2D eigenvalue weighted by Crippen LogP contribution is 2.45. The van der Waals surface area contributed by atoms with Crippen LogP contribution in [0.4, 0.5) is 5.13 Å². The van der Waals surface area contributed by atoms with Gasteiger partial charge in [0.2, 0.25) is 5.13 Å². The molecule has 1 saturated heterocycles. The van der Waals surface area contributed by atoms with Gasteiger partial charge in [-0.25, -0.2) is 0 Å². The summed E-state index contributed by atoms with van der Waals surface area (Å²) in [6.07, 6.45) is 2.46. The van der Waals surface area contributed by atoms with Crippen molar-refractivity contribution in [3.05, 3.63) is 112 Å². The van der Waals surface area contributed by atoms with Crippen LogP contribution < -0.4 is 14.4 Å². The van der Waals surface area contributed by atoms with E-state index in [1.54, 1.807) is 66.7 Å². The lowest BCUT2D eigenvalue weighted by Crippen LogP contribution is -2.29. The molecule has 1 amide bonds. The summed E-state index contributed by atoms with van der Waals surface area (Å²) in [5.41, 5.74) is 1.70. The van der Waals surface area contributed by atoms with Crippen molar-refractivity contribution < 1.29 is 24.2 Å². The van der Waals surface area contributed by atoms with Gasteiger partial charge in [-0.2, -0.15) is 0 Å². The lowest BCUT2D eigenvalue weighted by Gasteiger charge is -2.23. The Bertz CT molecular complexity index is 1730. The second kappa shape index (κ2) is 14.3. The van der Waals surface area contributed by atoms with Gasteiger partial charge in [-0.05, 0) is 66.1 Å². The van der Waals surface area contributed by atoms with Crippen molar-refractivity contribution in [1.82, 2.24) is 10.2 Å². The van der Waals surface area contributed by atoms with Gasteiger partial charge in [0, 0.05) is 21.4 Å². The van der Waals surface area contributed by atoms with Gasteiger partial charge in [-0.15, -0.1) is 10.2 Å². The van der Waals surface area contributed by atoms with Gasteiger partial charge in [-0.3, -0.25) is 14.5 Å². The van der Waals surface area contributed by atoms with Gasteiger partial charge in [-0.1, -0.05) is 84.1 Å². The molecule has 1 atom stereocenters. The van der Waals surface area contributed by atoms with Gasteiger partial charge < -0.3 is 14.6 Å². The van der Waals surface area contributed by atoms with Crippen molar-refractivity contribution in [1.29, 1.82) is 0 Å². The van der Waals surface area contributed by atoms with Crippen molar-refractivity contribution in [2.75, 3.05) is 18.1 Å². The van der Waals surface area contributed by atoms with E-state index in [0.717, 1.165) is 23.3 Å². The van der Waals surface area contributed by atoms with Crippen molar-refractivity contribution in [3.63, 3.8) is 0 Å². The summed E-state index contributed by atoms with van der Waals surface area (Å²) in [5, 5.41) is 21.3. The average molecular weight is 669 g/mol. The van der Waals surface area contributed by atoms with E-state index in [9.17, 15) is 14.7 Å². The predicted octanol–water partition coefficient (Wildman–Crippen LogP) is 8.12. The zero-order valence-electron chi connectivity index (χ0n) is 23.5. The number of thioether (sulfide) groups is 1. The molecule has 0 aliphatic carbocycles. The van der Waals surface area contributed by atoms with E-state index in [2.05, 4.69) is 16.8 Å². The molecule has 0 saturated carbocycles. The van der Waals surface area contributed by atoms with Crippen LogP contribution in [-0.2, 0) is 15.3 Å². The molecule has 4 aromatic rings. The third kappa shape index (κ3) is 6.94. The number of hydrogen-bond acceptors (Lipinski definition) is 9. The first-order valence-electron chi connectivity index (χ1n) is 13.6. The highest BCUT2D eigenvalue weighted by molar-refractivity contribution is 8.00. The molecule has 1 aliphatic heterocycles. The first kappa shape index (κ1) is 31.6. The van der Waals surface area contributed by atoms with Gasteiger partial charge >= 0.3 is 5.91 Å². The van der Waals surface area contributed by atoms with Crippen molar-refractivity contribution in [3.8, 4) is 11.5 Å². The molecular weight excluding hydrogens is 641 g/mol. The first-order chi connectivity index (χ1) is 21.3. The second-order valence-electron chi connectivity index (χ2n) is 9.59. The number of rotatable bonds is 12. The van der Waals surface area contributed by atoms with Crippen LogP contribution in [0.15, 0.2) is 89.3 Å². The average Bonchev–Trinajstić information content (AvgIpc) is 3.60. The fraction of sp³-hybridized carbons (Fsp3) is 0.188. The predicted molar refractivity (Wildman–Crippen MR) is 175 cm³/mol. The van der Waals surface area contributed by atoms with Crippen LogP contribution in [0.3, 0.4) is 0 Å². The number of benzene rings is 3. The van der Waals surface area contributed by atoms with Crippen LogP contribution >= 0.6 is 46.3 Å². The largest absolute Gasteiger partial charge is 0.507 e. The number of aromatic nitrogens is 2. The van der Waals surface area contributed by atoms with E-state index < -0.39 is 17.7 Å². The van der Waals surface area contributed by atoms with Gasteiger partial charge in [0.05, 0.1) is 18.2 Å². The molecule has 0 spiro atoms. The number of halogens is 2. The fourth-order valence-corrected chi connectivity index (χ4v) is 6.92. The van der Waals surface area contributed by atoms with E-state index in [0.29, 0.717) is 49.4 Å². The van der Waals surface area contributed by atoms with E-state index in [1.165, 1.54) is 16.7 Å². The highest BCUT2D eigenvalue weighted by atomic mass is 35.5. The molecule has 5 rings (SSSR count). The Morgan fingerprint density at radius 3 is 2.59 bits per heavy atom. The highest BCUT2D eigenvalue weighted by Gasteiger charge is 2.48. The number of carbonyl (C=O) groups is 2. The number of Topliss-reactive ketones (excluding diaryl/α,β-unsaturated/α-hetero) is 1. The SMILES string of the molecule is C=CCOc1cccc(C2C(=C(O)c3ccc(OCCC)cc3)C(=O)C(=O)N2c2nnc(SCc3ccc(Cl)cc3Cl)s2)c1. The zero-order chi connectivity index (χ0) is 31.2. The minimum atomic E-state index is -0.991. The van der Waals surface area contributed by atoms with Crippen molar-refractivity contribution in [2.45, 2.75) is 29.5 Å². The Morgan fingerprint density at radius 2 is 1.86 bits per heavy atom. The van der Waals surface area contributed by atoms with Crippen LogP contribution in [0.5, 0.6) is 11.5 Å². The Hall–Kier alpha value is -3.83. The van der Waals surface area contributed by atoms with Gasteiger partial charge in [0.1, 0.15) is 23.9 Å². The number of anilines is 1. The molecule has 1 aromatic heterocycles. The molecule has 1 N–H and O–H groups in total. The lowest BCUT2D eigenvalue weighted by atomic mass is 9.95. The molecule has 8 nitrogen and oxygen atoms in total. The summed E-state index contributed by atoms with van der Waals surface area (Å²) < 4.78 is 11.9. The van der Waals surface area contributed by atoms with Crippen molar-refractivity contribution in [2.24, 2.45) is 0 Å². The molecule has 3 aromatic carbocycles. The summed E-state index contributed by atoms with van der Waals surface area (Å²) in [6, 6.07) is 18.0. The second-order valence-corrected chi connectivity index (χ2v) is 12.6. The van der Waals surface area contributed by atoms with Gasteiger partial charge in [0.15, 0.2) is 4.34 Å². The van der Waals surface area contributed by atoms with E-state index in [1.807, 2.05) is 13.0 Å². The number of aliphatic hydroxyl groups is 1. The number of carbonyl (C=O) groups excluding carboxylic acids is 2. The maximum absolute atomic E-state index is 13.6. The zero-order valence-corrected chi connectivity index (χ0v) is 26.7. The number of nitrogens with zero attached hydrogens (tertiary/aromatic N) is 3. The minimum absolute atomic E-state index is 0.0737. The summed E-state index contributed by atoms with van der Waals surface area (Å²) in [4.78, 5) is 28.5. The Morgan fingerprint density at radius 1 is 1.07 bits per heavy atom. The maximum Gasteiger partial charge on any atom is 0.301 e. The van der Waals surface area contributed by atoms with Gasteiger partial charge in [0.25, 0.3) is 5.78 Å². The number of amides is 1. The maximum atomic E-state index is 13.6. The van der Waals surface area contributed by atoms with Crippen LogP contribution in [0, 0.1) is 0 Å². The summed E-state index contributed by atoms with van der Waals surface area (Å²) >= 11 is 14.9. The lowest BCUT2D eigenvalue weighted by molar-refractivity contribution is -0.132. The number of aliphatic hydroxyl groups excluding tert-OH is 1. The Labute approximate surface area is 272 Å². The van der Waals surface area contributed by atoms with E-state index in [-0.39, 0.29) is 23.1 Å². The number of ether oxygens (including phenoxy) is 2. The molecule has 44 heavy (non-hydrogen) atoms. The van der Waals surface area contributed by atoms with Crippen molar-refractivity contribution >= 4 is 68.9 Å². The third-order valence-electron chi connectivity index (χ3n) is 6.55. The summed E-state index contributed by atoms with van der Waals surface area (Å²) in [6.45, 7) is 6.51. The standard InChI is InChI=1S/C32H27Cl2N3O5S2/c1-3-14-41-23-12-9-19(10-13-23)28(38)26-27(20-6-5-7-24(16-20)42-15-4-2)37(30(40)29(26)39)31-35-36-32(44-31)43-18-21-8-11-22(33)17-25(21)34/h4-13,16-17,27,38H,2-3,14-15,18H2,1H3. The summed E-state index contributed by atoms with van der Waals surface area (Å²) in [5.74, 6) is -0.344. The quantitative estimate of drug-likeness (QED) is 0.0404. The third-order valence-corrected chi connectivity index (χ3v) is 9.25. The smallest absolute Gasteiger partial charge is 0.301 e. The normalized spacial score (nSPS) is 15.9. The molecule has 226 valence electrons. The Balaban J connectivity index is 1.52. The number of hydrogen-bond donors (Lipinski definition) is 1. The van der Waals surface area contributed by atoms with E-state index >= 15 is 0 Å². The van der Waals surface area contributed by atoms with Crippen LogP contribution in [0.2, 0.25) is 10.0 Å². The first-order valence-corrected chi connectivity index (χ1v) is 16.1. The molecular formula is C32H27Cl2N3O5S2. The van der Waals surface area contributed by atoms with Crippen LogP contribution in [0.25, 0.3) is 5.76 Å². The summed E-state index contributed by atoms with van der Waals surface area (Å²) in [7, 11) is 0. The molecule has 1 fully saturated rings.